The summed E-state index contributed by atoms with van der Waals surface area (Å²) in [5.41, 5.74) is 2.76. The fourth-order valence-electron chi connectivity index (χ4n) is 6.27. The molecule has 9 nitrogen and oxygen atoms in total. The van der Waals surface area contributed by atoms with Gasteiger partial charge in [-0.1, -0.05) is 6.92 Å². The van der Waals surface area contributed by atoms with Crippen molar-refractivity contribution in [2.24, 2.45) is 5.92 Å². The van der Waals surface area contributed by atoms with Gasteiger partial charge < -0.3 is 35.3 Å². The van der Waals surface area contributed by atoms with Gasteiger partial charge in [0.15, 0.2) is 5.76 Å². The summed E-state index contributed by atoms with van der Waals surface area (Å²) in [4.78, 5) is 29.0. The number of anilines is 1. The lowest BCUT2D eigenvalue weighted by Gasteiger charge is -2.55. The summed E-state index contributed by atoms with van der Waals surface area (Å²) >= 11 is 0. The van der Waals surface area contributed by atoms with E-state index >= 15 is 4.39 Å². The van der Waals surface area contributed by atoms with E-state index in [9.17, 15) is 9.59 Å². The Morgan fingerprint density at radius 1 is 1.35 bits per heavy atom. The van der Waals surface area contributed by atoms with Crippen LogP contribution < -0.4 is 16.0 Å². The lowest BCUT2D eigenvalue weighted by molar-refractivity contribution is -0.109. The van der Waals surface area contributed by atoms with Crippen molar-refractivity contribution in [1.29, 1.82) is 0 Å². The van der Waals surface area contributed by atoms with Gasteiger partial charge in [0, 0.05) is 49.7 Å². The molecule has 2 amide bonds. The lowest BCUT2D eigenvalue weighted by atomic mass is 9.60. The highest BCUT2D eigenvalue weighted by atomic mass is 19.1. The van der Waals surface area contributed by atoms with Crippen molar-refractivity contribution in [2.45, 2.75) is 44.6 Å². The highest BCUT2D eigenvalue weighted by Crippen LogP contribution is 2.61. The minimum atomic E-state index is -1.05. The van der Waals surface area contributed by atoms with Gasteiger partial charge in [-0.2, -0.15) is 0 Å². The summed E-state index contributed by atoms with van der Waals surface area (Å²) < 4.78 is 27.8. The quantitative estimate of drug-likeness (QED) is 0.255. The van der Waals surface area contributed by atoms with Crippen molar-refractivity contribution >= 4 is 18.0 Å². The summed E-state index contributed by atoms with van der Waals surface area (Å²) in [7, 11) is 3.37. The average molecular weight is 512 g/mol. The summed E-state index contributed by atoms with van der Waals surface area (Å²) in [6.07, 6.45) is 11.9. The third kappa shape index (κ3) is 3.59. The number of nitrogens with one attached hydrogen (secondary N) is 4. The van der Waals surface area contributed by atoms with Crippen LogP contribution in [-0.4, -0.2) is 61.6 Å². The highest BCUT2D eigenvalue weighted by molar-refractivity contribution is 6.04. The number of H-pyrrole nitrogens is 1. The first-order valence-corrected chi connectivity index (χ1v) is 12.3. The summed E-state index contributed by atoms with van der Waals surface area (Å²) in [6.45, 7) is 7.23. The van der Waals surface area contributed by atoms with E-state index in [-0.39, 0.29) is 17.5 Å². The van der Waals surface area contributed by atoms with Crippen LogP contribution in [0.15, 0.2) is 34.8 Å². The van der Waals surface area contributed by atoms with Crippen molar-refractivity contribution in [1.82, 2.24) is 20.5 Å². The Balaban J connectivity index is 0.00000156. The fraction of sp³-hybridized carbons (Fsp3) is 0.481. The van der Waals surface area contributed by atoms with Crippen molar-refractivity contribution in [3.8, 4) is 12.8 Å². The van der Waals surface area contributed by atoms with E-state index in [2.05, 4.69) is 40.7 Å². The second kappa shape index (κ2) is 9.54. The van der Waals surface area contributed by atoms with Crippen LogP contribution in [-0.2, 0) is 26.1 Å². The lowest BCUT2D eigenvalue weighted by Crippen LogP contribution is -2.57. The smallest absolute Gasteiger partial charge is 0.255 e. The largest absolute Gasteiger partial charge is 0.496 e. The molecule has 0 saturated carbocycles. The van der Waals surface area contributed by atoms with Gasteiger partial charge in [-0.15, -0.1) is 12.8 Å². The molecule has 0 spiro atoms. The number of methoxy groups -OCH3 is 1. The normalized spacial score (nSPS) is 27.4. The van der Waals surface area contributed by atoms with Gasteiger partial charge in [0.2, 0.25) is 6.41 Å². The maximum Gasteiger partial charge on any atom is 0.255 e. The Kier molecular flexibility index (Phi) is 6.76. The maximum atomic E-state index is 15.8. The number of fused-ring (bicyclic) bond motifs is 4. The van der Waals surface area contributed by atoms with Crippen LogP contribution in [0.4, 0.5) is 10.1 Å². The minimum Gasteiger partial charge on any atom is -0.496 e. The first-order valence-electron chi connectivity index (χ1n) is 12.3. The van der Waals surface area contributed by atoms with Gasteiger partial charge in [0.25, 0.3) is 5.91 Å². The van der Waals surface area contributed by atoms with E-state index in [4.69, 9.17) is 9.47 Å². The number of ether oxygens (including phenoxy) is 2. The Morgan fingerprint density at radius 2 is 2.08 bits per heavy atom. The van der Waals surface area contributed by atoms with Gasteiger partial charge in [-0.05, 0) is 20.3 Å². The molecule has 4 aliphatic rings. The summed E-state index contributed by atoms with van der Waals surface area (Å²) in [5.74, 6) is -0.143. The van der Waals surface area contributed by atoms with Crippen LogP contribution in [0.25, 0.3) is 0 Å². The number of nitrogens with zero attached hydrogens (tertiary/aromatic N) is 1. The number of carbonyl (C=O) groups is 2. The first-order chi connectivity index (χ1) is 17.7. The number of amides is 2. The predicted molar refractivity (Wildman–Crippen MR) is 138 cm³/mol. The molecular weight excluding hydrogens is 477 g/mol. The van der Waals surface area contributed by atoms with E-state index in [1.54, 1.807) is 0 Å². The summed E-state index contributed by atoms with van der Waals surface area (Å²) in [5, 5.41) is 9.09. The second-order valence-corrected chi connectivity index (χ2v) is 9.85. The molecular formula is C27H34FN5O4. The molecule has 0 fully saturated rings. The molecule has 1 aromatic rings. The molecule has 1 aromatic heterocycles. The summed E-state index contributed by atoms with van der Waals surface area (Å²) in [6, 6.07) is 0. The molecule has 3 atom stereocenters. The molecule has 1 aliphatic carbocycles. The third-order valence-electron chi connectivity index (χ3n) is 7.75. The first kappa shape index (κ1) is 26.2. The molecule has 5 rings (SSSR count). The van der Waals surface area contributed by atoms with E-state index < -0.39 is 16.9 Å². The molecule has 198 valence electrons. The van der Waals surface area contributed by atoms with E-state index in [1.807, 2.05) is 32.0 Å². The van der Waals surface area contributed by atoms with Crippen LogP contribution >= 0.6 is 0 Å². The van der Waals surface area contributed by atoms with Crippen molar-refractivity contribution in [3.63, 3.8) is 0 Å². The zero-order valence-corrected chi connectivity index (χ0v) is 21.9. The number of allylic oxidation sites excluding steroid dienone is 2. The van der Waals surface area contributed by atoms with Crippen molar-refractivity contribution < 1.29 is 23.5 Å². The van der Waals surface area contributed by atoms with Crippen LogP contribution in [0.5, 0.6) is 0 Å². The Hall–Kier alpha value is -3.87. The number of aromatic nitrogens is 1. The molecule has 4 heterocycles. The zero-order chi connectivity index (χ0) is 27.1. The number of halogens is 1. The van der Waals surface area contributed by atoms with E-state index in [1.165, 1.54) is 7.11 Å². The highest BCUT2D eigenvalue weighted by Gasteiger charge is 2.61. The molecule has 4 N–H and O–H groups in total. The molecule has 10 heteroatoms. The molecule has 3 unspecified atom stereocenters. The number of terminal acetylenes is 1. The average Bonchev–Trinajstić information content (AvgIpc) is 3.25. The second-order valence-electron chi connectivity index (χ2n) is 9.85. The SMILES string of the molecule is C#C.COC1=C(F)C(C)C2=C3C1(C)Nc1c([nH]c4c1C(=O)NCC4)C3(C)C(OCCCNC=O)=CN2C. The van der Waals surface area contributed by atoms with Gasteiger partial charge in [0.05, 0.1) is 42.0 Å². The predicted octanol–water partition coefficient (Wildman–Crippen LogP) is 2.66. The van der Waals surface area contributed by atoms with Crippen LogP contribution in [0, 0.1) is 18.8 Å². The topological polar surface area (TPSA) is 108 Å². The Bertz CT molecular complexity index is 1240. The van der Waals surface area contributed by atoms with E-state index in [0.717, 1.165) is 22.7 Å². The van der Waals surface area contributed by atoms with Crippen LogP contribution in [0.1, 0.15) is 48.9 Å². The van der Waals surface area contributed by atoms with Crippen LogP contribution in [0.3, 0.4) is 0 Å². The number of aromatic amines is 1. The molecule has 0 radical (unpaired) electrons. The minimum absolute atomic E-state index is 0.164. The Labute approximate surface area is 216 Å². The molecule has 0 saturated heterocycles. The molecule has 3 aliphatic heterocycles. The van der Waals surface area contributed by atoms with Gasteiger partial charge in [-0.3, -0.25) is 9.59 Å². The third-order valence-corrected chi connectivity index (χ3v) is 7.75. The standard InChI is InChI=1S/C25H32FN5O4.C2H2/c1-13-17(26)22(34-5)25(3)20-19(13)31(4)11-15(35-10-6-8-27-12-32)24(20,2)21-18(30-25)16-14(29-21)7-9-28-23(16)33;1-2/h11-13,29-30H,6-10H2,1-5H3,(H,27,32)(H,28,33);1-2H. The Morgan fingerprint density at radius 3 is 2.76 bits per heavy atom. The number of carbonyl (C=O) groups excluding carboxylic acids is 2. The van der Waals surface area contributed by atoms with Crippen molar-refractivity contribution in [3.05, 3.63) is 51.8 Å². The van der Waals surface area contributed by atoms with Gasteiger partial charge >= 0.3 is 0 Å². The molecule has 37 heavy (non-hydrogen) atoms. The van der Waals surface area contributed by atoms with Crippen molar-refractivity contribution in [2.75, 3.05) is 39.2 Å². The molecule has 0 bridgehead atoms. The zero-order valence-electron chi connectivity index (χ0n) is 21.9. The number of hydrogen-bond donors (Lipinski definition) is 4. The fourth-order valence-corrected chi connectivity index (χ4v) is 6.27. The maximum absolute atomic E-state index is 15.8. The van der Waals surface area contributed by atoms with Gasteiger partial charge in [-0.25, -0.2) is 4.39 Å². The monoisotopic (exact) mass is 511 g/mol. The number of hydrogen-bond acceptors (Lipinski definition) is 6. The van der Waals surface area contributed by atoms with Crippen LogP contribution in [0.2, 0.25) is 0 Å². The molecule has 0 aromatic carbocycles. The van der Waals surface area contributed by atoms with E-state index in [0.29, 0.717) is 56.0 Å². The number of rotatable bonds is 7. The van der Waals surface area contributed by atoms with Gasteiger partial charge in [0.1, 0.15) is 17.1 Å².